The second-order valence-electron chi connectivity index (χ2n) is 5.59. The van der Waals surface area contributed by atoms with Gasteiger partial charge in [0, 0.05) is 0 Å². The summed E-state index contributed by atoms with van der Waals surface area (Å²) in [5.41, 5.74) is 0.793. The summed E-state index contributed by atoms with van der Waals surface area (Å²) in [6.07, 6.45) is 3.14. The molecule has 2 N–H and O–H groups in total. The molecule has 1 aliphatic rings. The van der Waals surface area contributed by atoms with Crippen molar-refractivity contribution < 1.29 is 9.18 Å². The van der Waals surface area contributed by atoms with Crippen LogP contribution in [0.1, 0.15) is 44.7 Å². The van der Waals surface area contributed by atoms with E-state index < -0.39 is 0 Å². The van der Waals surface area contributed by atoms with E-state index >= 15 is 0 Å². The highest BCUT2D eigenvalue weighted by Gasteiger charge is 2.26. The van der Waals surface area contributed by atoms with E-state index in [-0.39, 0.29) is 23.8 Å². The predicted molar refractivity (Wildman–Crippen MR) is 77.8 cm³/mol. The first-order chi connectivity index (χ1) is 9.60. The molecule has 1 saturated heterocycles. The van der Waals surface area contributed by atoms with E-state index in [1.807, 2.05) is 13.0 Å². The van der Waals surface area contributed by atoms with Crippen LogP contribution < -0.4 is 10.6 Å². The molecule has 20 heavy (non-hydrogen) atoms. The monoisotopic (exact) mass is 278 g/mol. The fourth-order valence-electron chi connectivity index (χ4n) is 2.74. The summed E-state index contributed by atoms with van der Waals surface area (Å²) in [6.45, 7) is 4.94. The first kappa shape index (κ1) is 15.0. The molecule has 1 aromatic rings. The van der Waals surface area contributed by atoms with Gasteiger partial charge >= 0.3 is 0 Å². The van der Waals surface area contributed by atoms with Gasteiger partial charge in [-0.1, -0.05) is 25.5 Å². The zero-order chi connectivity index (χ0) is 14.5. The second-order valence-corrected chi connectivity index (χ2v) is 5.59. The van der Waals surface area contributed by atoms with Crippen LogP contribution >= 0.6 is 0 Å². The van der Waals surface area contributed by atoms with Gasteiger partial charge in [0.1, 0.15) is 5.82 Å². The molecule has 3 nitrogen and oxygen atoms in total. The molecule has 0 aliphatic carbocycles. The molecule has 0 saturated carbocycles. The minimum Gasteiger partial charge on any atom is -0.348 e. The maximum atomic E-state index is 13.2. The van der Waals surface area contributed by atoms with Crippen LogP contribution in [0.25, 0.3) is 0 Å². The number of rotatable bonds is 4. The SMILES string of the molecule is CCC1CCNC(C(=O)NC(C)c2cccc(F)c2)C1. The summed E-state index contributed by atoms with van der Waals surface area (Å²) in [4.78, 5) is 12.3. The van der Waals surface area contributed by atoms with Gasteiger partial charge in [0.05, 0.1) is 12.1 Å². The number of hydrogen-bond acceptors (Lipinski definition) is 2. The van der Waals surface area contributed by atoms with Crippen molar-refractivity contribution in [1.82, 2.24) is 10.6 Å². The van der Waals surface area contributed by atoms with E-state index in [4.69, 9.17) is 0 Å². The lowest BCUT2D eigenvalue weighted by atomic mass is 9.90. The van der Waals surface area contributed by atoms with Crippen LogP contribution in [0.3, 0.4) is 0 Å². The number of hydrogen-bond donors (Lipinski definition) is 2. The third-order valence-electron chi connectivity index (χ3n) is 4.11. The van der Waals surface area contributed by atoms with E-state index in [0.717, 1.165) is 31.4 Å². The molecule has 2 rings (SSSR count). The Morgan fingerprint density at radius 1 is 1.55 bits per heavy atom. The Morgan fingerprint density at radius 3 is 3.05 bits per heavy atom. The quantitative estimate of drug-likeness (QED) is 0.889. The first-order valence-electron chi connectivity index (χ1n) is 7.39. The Labute approximate surface area is 120 Å². The minimum absolute atomic E-state index is 0.0138. The number of halogens is 1. The van der Waals surface area contributed by atoms with Crippen LogP contribution in [-0.4, -0.2) is 18.5 Å². The van der Waals surface area contributed by atoms with E-state index in [0.29, 0.717) is 5.92 Å². The van der Waals surface area contributed by atoms with Crippen LogP contribution in [0.4, 0.5) is 4.39 Å². The number of piperidine rings is 1. The molecule has 1 heterocycles. The number of amides is 1. The van der Waals surface area contributed by atoms with Crippen molar-refractivity contribution in [2.45, 2.75) is 45.2 Å². The van der Waals surface area contributed by atoms with E-state index in [9.17, 15) is 9.18 Å². The van der Waals surface area contributed by atoms with Crippen molar-refractivity contribution >= 4 is 5.91 Å². The van der Waals surface area contributed by atoms with Crippen LogP contribution in [-0.2, 0) is 4.79 Å². The highest BCUT2D eigenvalue weighted by molar-refractivity contribution is 5.82. The standard InChI is InChI=1S/C16H23FN2O/c1-3-12-7-8-18-15(9-12)16(20)19-11(2)13-5-4-6-14(17)10-13/h4-6,10-12,15,18H,3,7-9H2,1-2H3,(H,19,20). The van der Waals surface area contributed by atoms with E-state index in [1.165, 1.54) is 12.1 Å². The summed E-state index contributed by atoms with van der Waals surface area (Å²) >= 11 is 0. The van der Waals surface area contributed by atoms with Gasteiger partial charge in [-0.15, -0.1) is 0 Å². The lowest BCUT2D eigenvalue weighted by Crippen LogP contribution is -2.49. The Kier molecular flexibility index (Phi) is 5.12. The fourth-order valence-corrected chi connectivity index (χ4v) is 2.74. The van der Waals surface area contributed by atoms with Crippen LogP contribution in [0.5, 0.6) is 0 Å². The summed E-state index contributed by atoms with van der Waals surface area (Å²) in [5, 5.41) is 6.23. The predicted octanol–water partition coefficient (Wildman–Crippen LogP) is 2.78. The summed E-state index contributed by atoms with van der Waals surface area (Å²) in [7, 11) is 0. The van der Waals surface area contributed by atoms with Crippen molar-refractivity contribution in [2.24, 2.45) is 5.92 Å². The van der Waals surface area contributed by atoms with Gasteiger partial charge in [0.2, 0.25) is 5.91 Å². The number of nitrogens with one attached hydrogen (secondary N) is 2. The zero-order valence-corrected chi connectivity index (χ0v) is 12.2. The average Bonchev–Trinajstić information content (AvgIpc) is 2.47. The maximum Gasteiger partial charge on any atom is 0.237 e. The lowest BCUT2D eigenvalue weighted by molar-refractivity contribution is -0.124. The molecule has 1 aromatic carbocycles. The maximum absolute atomic E-state index is 13.2. The highest BCUT2D eigenvalue weighted by Crippen LogP contribution is 2.20. The van der Waals surface area contributed by atoms with Crippen molar-refractivity contribution in [3.05, 3.63) is 35.6 Å². The Hall–Kier alpha value is -1.42. The van der Waals surface area contributed by atoms with E-state index in [1.54, 1.807) is 6.07 Å². The summed E-state index contributed by atoms with van der Waals surface area (Å²) in [6, 6.07) is 6.07. The van der Waals surface area contributed by atoms with Gasteiger partial charge in [-0.2, -0.15) is 0 Å². The van der Waals surface area contributed by atoms with Gasteiger partial charge in [-0.05, 0) is 49.9 Å². The molecule has 0 radical (unpaired) electrons. The largest absolute Gasteiger partial charge is 0.348 e. The third kappa shape index (κ3) is 3.79. The van der Waals surface area contributed by atoms with Crippen LogP contribution in [0, 0.1) is 11.7 Å². The molecular weight excluding hydrogens is 255 g/mol. The van der Waals surface area contributed by atoms with Crippen molar-refractivity contribution in [3.63, 3.8) is 0 Å². The molecule has 0 aromatic heterocycles. The Morgan fingerprint density at radius 2 is 2.35 bits per heavy atom. The van der Waals surface area contributed by atoms with Gasteiger partial charge in [0.25, 0.3) is 0 Å². The fraction of sp³-hybridized carbons (Fsp3) is 0.562. The van der Waals surface area contributed by atoms with E-state index in [2.05, 4.69) is 17.6 Å². The molecule has 3 unspecified atom stereocenters. The van der Waals surface area contributed by atoms with Crippen LogP contribution in [0.2, 0.25) is 0 Å². The molecular formula is C16H23FN2O. The van der Waals surface area contributed by atoms with Crippen molar-refractivity contribution in [2.75, 3.05) is 6.54 Å². The first-order valence-corrected chi connectivity index (χ1v) is 7.39. The molecule has 1 aliphatic heterocycles. The van der Waals surface area contributed by atoms with Crippen molar-refractivity contribution in [1.29, 1.82) is 0 Å². The third-order valence-corrected chi connectivity index (χ3v) is 4.11. The molecule has 0 spiro atoms. The Balaban J connectivity index is 1.93. The Bertz CT molecular complexity index is 464. The normalized spacial score (nSPS) is 24.1. The average molecular weight is 278 g/mol. The topological polar surface area (TPSA) is 41.1 Å². The van der Waals surface area contributed by atoms with Gasteiger partial charge in [-0.25, -0.2) is 4.39 Å². The van der Waals surface area contributed by atoms with Crippen LogP contribution in [0.15, 0.2) is 24.3 Å². The number of carbonyl (C=O) groups is 1. The summed E-state index contributed by atoms with van der Waals surface area (Å²) < 4.78 is 13.2. The van der Waals surface area contributed by atoms with Gasteiger partial charge in [0.15, 0.2) is 0 Å². The summed E-state index contributed by atoms with van der Waals surface area (Å²) in [5.74, 6) is 0.363. The smallest absolute Gasteiger partial charge is 0.237 e. The highest BCUT2D eigenvalue weighted by atomic mass is 19.1. The molecule has 0 bridgehead atoms. The molecule has 110 valence electrons. The second kappa shape index (κ2) is 6.84. The lowest BCUT2D eigenvalue weighted by Gasteiger charge is -2.29. The minimum atomic E-state index is -0.273. The number of carbonyl (C=O) groups excluding carboxylic acids is 1. The van der Waals surface area contributed by atoms with Gasteiger partial charge in [-0.3, -0.25) is 4.79 Å². The molecule has 1 amide bonds. The van der Waals surface area contributed by atoms with Gasteiger partial charge < -0.3 is 10.6 Å². The molecule has 3 atom stereocenters. The molecule has 4 heteroatoms. The zero-order valence-electron chi connectivity index (χ0n) is 12.2. The number of benzene rings is 1. The molecule has 1 fully saturated rings. The van der Waals surface area contributed by atoms with Crippen molar-refractivity contribution in [3.8, 4) is 0 Å².